The van der Waals surface area contributed by atoms with E-state index in [2.05, 4.69) is 11.0 Å². The normalized spacial score (nSPS) is 20.5. The number of hydrogen-bond donors (Lipinski definition) is 0. The number of halogens is 1. The molecule has 3 heterocycles. The van der Waals surface area contributed by atoms with Crippen LogP contribution < -0.4 is 0 Å². The van der Waals surface area contributed by atoms with Crippen molar-refractivity contribution in [1.82, 2.24) is 14.8 Å². The molecule has 1 aromatic heterocycles. The van der Waals surface area contributed by atoms with Gasteiger partial charge in [0.15, 0.2) is 0 Å². The summed E-state index contributed by atoms with van der Waals surface area (Å²) in [5.41, 5.74) is 2.63. The minimum Gasteiger partial charge on any atom is -0.342 e. The molecule has 2 aliphatic heterocycles. The molecule has 0 N–H and O–H groups in total. The van der Waals surface area contributed by atoms with E-state index < -0.39 is 0 Å². The number of benzene rings is 1. The third-order valence-electron chi connectivity index (χ3n) is 5.90. The first kappa shape index (κ1) is 19.1. The van der Waals surface area contributed by atoms with E-state index in [9.17, 15) is 9.18 Å². The summed E-state index contributed by atoms with van der Waals surface area (Å²) in [6.45, 7) is 4.19. The first-order chi connectivity index (χ1) is 13.7. The molecule has 0 spiro atoms. The molecule has 0 unspecified atom stereocenters. The van der Waals surface area contributed by atoms with Gasteiger partial charge in [-0.15, -0.1) is 0 Å². The van der Waals surface area contributed by atoms with Crippen LogP contribution in [-0.4, -0.2) is 53.4 Å². The Kier molecular flexibility index (Phi) is 6.01. The molecule has 2 aliphatic rings. The first-order valence-electron chi connectivity index (χ1n) is 10.4. The molecule has 0 aliphatic carbocycles. The Balaban J connectivity index is 1.40. The highest BCUT2D eigenvalue weighted by molar-refractivity contribution is 5.78. The van der Waals surface area contributed by atoms with Crippen molar-refractivity contribution in [1.29, 1.82) is 0 Å². The maximum atomic E-state index is 14.0. The third kappa shape index (κ3) is 4.58. The van der Waals surface area contributed by atoms with Gasteiger partial charge in [0.25, 0.3) is 0 Å². The van der Waals surface area contributed by atoms with Gasteiger partial charge in [0, 0.05) is 43.4 Å². The second-order valence-corrected chi connectivity index (χ2v) is 7.98. The molecular formula is C23H28FN3O. The van der Waals surface area contributed by atoms with Crippen LogP contribution in [0, 0.1) is 5.82 Å². The van der Waals surface area contributed by atoms with Gasteiger partial charge in [0.05, 0.1) is 6.54 Å². The van der Waals surface area contributed by atoms with Gasteiger partial charge in [-0.2, -0.15) is 0 Å². The fourth-order valence-corrected chi connectivity index (χ4v) is 4.36. The van der Waals surface area contributed by atoms with Crippen molar-refractivity contribution in [2.45, 2.75) is 38.0 Å². The summed E-state index contributed by atoms with van der Waals surface area (Å²) in [6, 6.07) is 12.9. The van der Waals surface area contributed by atoms with Crippen LogP contribution in [0.15, 0.2) is 42.5 Å². The molecule has 1 atom stereocenters. The second kappa shape index (κ2) is 8.82. The number of aromatic nitrogens is 1. The molecule has 148 valence electrons. The van der Waals surface area contributed by atoms with Crippen LogP contribution in [0.25, 0.3) is 0 Å². The summed E-state index contributed by atoms with van der Waals surface area (Å²) in [6.07, 6.45) is 4.94. The Labute approximate surface area is 166 Å². The van der Waals surface area contributed by atoms with E-state index >= 15 is 0 Å². The maximum absolute atomic E-state index is 14.0. The molecule has 1 amide bonds. The highest BCUT2D eigenvalue weighted by Crippen LogP contribution is 2.26. The largest absolute Gasteiger partial charge is 0.342 e. The molecule has 0 radical (unpaired) electrons. The second-order valence-electron chi connectivity index (χ2n) is 7.98. The fourth-order valence-electron chi connectivity index (χ4n) is 4.36. The number of carbonyl (C=O) groups is 1. The lowest BCUT2D eigenvalue weighted by atomic mass is 9.94. The topological polar surface area (TPSA) is 36.4 Å². The van der Waals surface area contributed by atoms with Crippen molar-refractivity contribution in [2.75, 3.05) is 32.7 Å². The highest BCUT2D eigenvalue weighted by atomic mass is 19.1. The molecule has 1 aromatic carbocycles. The first-order valence-corrected chi connectivity index (χ1v) is 10.4. The predicted molar refractivity (Wildman–Crippen MR) is 108 cm³/mol. The lowest BCUT2D eigenvalue weighted by molar-refractivity contribution is -0.131. The Morgan fingerprint density at radius 1 is 1.04 bits per heavy atom. The van der Waals surface area contributed by atoms with Gasteiger partial charge in [0.2, 0.25) is 5.91 Å². The molecule has 2 saturated heterocycles. The lowest BCUT2D eigenvalue weighted by Gasteiger charge is -2.33. The number of rotatable bonds is 5. The summed E-state index contributed by atoms with van der Waals surface area (Å²) < 4.78 is 14.0. The number of amides is 1. The quantitative estimate of drug-likeness (QED) is 0.794. The van der Waals surface area contributed by atoms with Gasteiger partial charge < -0.3 is 4.90 Å². The summed E-state index contributed by atoms with van der Waals surface area (Å²) in [4.78, 5) is 21.6. The minimum atomic E-state index is -0.182. The molecule has 0 saturated carbocycles. The van der Waals surface area contributed by atoms with Crippen LogP contribution in [0.4, 0.5) is 4.39 Å². The van der Waals surface area contributed by atoms with Crippen molar-refractivity contribution in [3.8, 4) is 0 Å². The van der Waals surface area contributed by atoms with Crippen molar-refractivity contribution in [3.63, 3.8) is 0 Å². The van der Waals surface area contributed by atoms with Gasteiger partial charge >= 0.3 is 0 Å². The highest BCUT2D eigenvalue weighted by Gasteiger charge is 2.26. The third-order valence-corrected chi connectivity index (χ3v) is 5.90. The van der Waals surface area contributed by atoms with Crippen molar-refractivity contribution in [3.05, 3.63) is 65.2 Å². The summed E-state index contributed by atoms with van der Waals surface area (Å²) >= 11 is 0. The van der Waals surface area contributed by atoms with E-state index in [1.807, 2.05) is 29.2 Å². The molecule has 2 aromatic rings. The van der Waals surface area contributed by atoms with Crippen molar-refractivity contribution >= 4 is 5.91 Å². The van der Waals surface area contributed by atoms with Crippen LogP contribution in [0.3, 0.4) is 0 Å². The summed E-state index contributed by atoms with van der Waals surface area (Å²) in [5.74, 6) is 0.416. The average molecular weight is 381 g/mol. The van der Waals surface area contributed by atoms with Gasteiger partial charge in [-0.25, -0.2) is 4.39 Å². The van der Waals surface area contributed by atoms with Gasteiger partial charge in [-0.3, -0.25) is 14.7 Å². The SMILES string of the molecule is O=C(CN1CCC[C@@H](c2cccc(Cc3ccccc3F)n2)C1)N1CCCC1. The lowest BCUT2D eigenvalue weighted by Crippen LogP contribution is -2.43. The van der Waals surface area contributed by atoms with Crippen molar-refractivity contribution in [2.24, 2.45) is 0 Å². The maximum Gasteiger partial charge on any atom is 0.236 e. The van der Waals surface area contributed by atoms with E-state index in [1.165, 1.54) is 6.07 Å². The number of piperidine rings is 1. The van der Waals surface area contributed by atoms with Crippen LogP contribution in [0.1, 0.15) is 48.6 Å². The van der Waals surface area contributed by atoms with Crippen molar-refractivity contribution < 1.29 is 9.18 Å². The molecule has 4 rings (SSSR count). The molecular weight excluding hydrogens is 353 g/mol. The Bertz CT molecular complexity index is 819. The van der Waals surface area contributed by atoms with Crippen LogP contribution >= 0.6 is 0 Å². The Hall–Kier alpha value is -2.27. The number of likely N-dealkylation sites (tertiary alicyclic amines) is 2. The zero-order valence-corrected chi connectivity index (χ0v) is 16.3. The van der Waals surface area contributed by atoms with Gasteiger partial charge in [-0.05, 0) is 56.0 Å². The summed E-state index contributed by atoms with van der Waals surface area (Å²) in [5, 5.41) is 0. The van der Waals surface area contributed by atoms with E-state index in [0.29, 0.717) is 24.4 Å². The molecule has 2 fully saturated rings. The van der Waals surface area contributed by atoms with Gasteiger partial charge in [-0.1, -0.05) is 24.3 Å². The smallest absolute Gasteiger partial charge is 0.236 e. The minimum absolute atomic E-state index is 0.182. The van der Waals surface area contributed by atoms with Gasteiger partial charge in [0.1, 0.15) is 5.82 Å². The Morgan fingerprint density at radius 3 is 2.68 bits per heavy atom. The van der Waals surface area contributed by atoms with Crippen LogP contribution in [0.5, 0.6) is 0 Å². The molecule has 0 bridgehead atoms. The standard InChI is InChI=1S/C23H28FN3O/c24-21-10-2-1-7-18(21)15-20-9-5-11-22(25-20)19-8-6-12-26(16-19)17-23(28)27-13-3-4-14-27/h1-2,5,7,9-11,19H,3-4,6,8,12-17H2/t19-/m1/s1. The Morgan fingerprint density at radius 2 is 1.86 bits per heavy atom. The zero-order valence-electron chi connectivity index (χ0n) is 16.3. The van der Waals surface area contributed by atoms with E-state index in [0.717, 1.165) is 63.3 Å². The predicted octanol–water partition coefficient (Wildman–Crippen LogP) is 3.61. The number of hydrogen-bond acceptors (Lipinski definition) is 3. The number of pyridine rings is 1. The van der Waals surface area contributed by atoms with Crippen LogP contribution in [-0.2, 0) is 11.2 Å². The van der Waals surface area contributed by atoms with E-state index in [1.54, 1.807) is 6.07 Å². The average Bonchev–Trinajstić information content (AvgIpc) is 3.25. The molecule has 4 nitrogen and oxygen atoms in total. The van der Waals surface area contributed by atoms with E-state index in [4.69, 9.17) is 4.98 Å². The fraction of sp³-hybridized carbons (Fsp3) is 0.478. The zero-order chi connectivity index (χ0) is 19.3. The summed E-state index contributed by atoms with van der Waals surface area (Å²) in [7, 11) is 0. The number of carbonyl (C=O) groups excluding carboxylic acids is 1. The monoisotopic (exact) mass is 381 g/mol. The molecule has 28 heavy (non-hydrogen) atoms. The van der Waals surface area contributed by atoms with E-state index in [-0.39, 0.29) is 11.7 Å². The van der Waals surface area contributed by atoms with Crippen LogP contribution in [0.2, 0.25) is 0 Å². The number of nitrogens with zero attached hydrogens (tertiary/aromatic N) is 3. The molecule has 5 heteroatoms.